The van der Waals surface area contributed by atoms with Gasteiger partial charge in [0, 0.05) is 0 Å². The van der Waals surface area contributed by atoms with Gasteiger partial charge in [0.25, 0.3) is 0 Å². The van der Waals surface area contributed by atoms with Crippen molar-refractivity contribution in [1.82, 2.24) is 24.5 Å². The Balaban J connectivity index is 1.26. The summed E-state index contributed by atoms with van der Waals surface area (Å²) in [5.41, 5.74) is 8.69. The van der Waals surface area contributed by atoms with Crippen molar-refractivity contribution in [3.8, 4) is 28.5 Å². The number of aromatic nitrogens is 5. The molecule has 0 aliphatic rings. The van der Waals surface area contributed by atoms with Crippen LogP contribution in [0.4, 0.5) is 17.3 Å². The summed E-state index contributed by atoms with van der Waals surface area (Å²) in [6.07, 6.45) is 3.94. The second-order valence-electron chi connectivity index (χ2n) is 13.2. The van der Waals surface area contributed by atoms with E-state index in [1.165, 1.54) is 36.2 Å². The molecule has 50 heavy (non-hydrogen) atoms. The number of hydrogen-bond acceptors (Lipinski definition) is 5. The zero-order valence-corrected chi connectivity index (χ0v) is 30.6. The number of imidazole rings is 1. The fourth-order valence-corrected chi connectivity index (χ4v) is 9.37. The molecule has 8 rings (SSSR count). The molecule has 0 aliphatic heterocycles. The van der Waals surface area contributed by atoms with Crippen molar-refractivity contribution in [3.05, 3.63) is 144 Å². The van der Waals surface area contributed by atoms with Crippen molar-refractivity contribution in [2.45, 2.75) is 46.5 Å². The molecule has 0 N–H and O–H groups in total. The average Bonchev–Trinajstić information content (AvgIpc) is 3.77. The van der Waals surface area contributed by atoms with Gasteiger partial charge in [-0.3, -0.25) is 0 Å². The van der Waals surface area contributed by atoms with Crippen molar-refractivity contribution >= 4 is 51.2 Å². The van der Waals surface area contributed by atoms with Crippen LogP contribution in [0.2, 0.25) is 0 Å². The molecule has 0 fully saturated rings. The van der Waals surface area contributed by atoms with E-state index < -0.39 is 0 Å². The molecule has 0 spiro atoms. The van der Waals surface area contributed by atoms with Gasteiger partial charge in [-0.05, 0) is 23.0 Å². The van der Waals surface area contributed by atoms with Crippen LogP contribution in [0.1, 0.15) is 56.4 Å². The van der Waals surface area contributed by atoms with Crippen molar-refractivity contribution < 1.29 is 0 Å². The summed E-state index contributed by atoms with van der Waals surface area (Å²) in [7, 11) is 0. The van der Waals surface area contributed by atoms with Gasteiger partial charge < -0.3 is 0 Å². The Morgan fingerprint density at radius 3 is 2.00 bits per heavy atom. The fraction of sp³-hybridized carbons (Fsp3) is 0.163. The van der Waals surface area contributed by atoms with Crippen molar-refractivity contribution in [3.63, 3.8) is 0 Å². The van der Waals surface area contributed by atoms with Crippen LogP contribution in [0.15, 0.2) is 128 Å². The van der Waals surface area contributed by atoms with E-state index in [1.807, 2.05) is 24.4 Å². The van der Waals surface area contributed by atoms with Gasteiger partial charge in [-0.25, -0.2) is 0 Å². The zero-order valence-electron chi connectivity index (χ0n) is 28.9. The number of para-hydroxylation sites is 2. The quantitative estimate of drug-likeness (QED) is 0.147. The fourth-order valence-electron chi connectivity index (χ4n) is 6.77. The van der Waals surface area contributed by atoms with E-state index in [9.17, 15) is 0 Å². The molecule has 0 atom stereocenters. The van der Waals surface area contributed by atoms with Crippen LogP contribution in [-0.4, -0.2) is 39.0 Å². The molecule has 0 aliphatic carbocycles. The molecule has 5 heterocycles. The number of rotatable bonds is 8. The summed E-state index contributed by atoms with van der Waals surface area (Å²) in [5, 5.41) is 2.51. The molecule has 0 bridgehead atoms. The molecule has 0 radical (unpaired) electrons. The van der Waals surface area contributed by atoms with Gasteiger partial charge in [0.15, 0.2) is 0 Å². The van der Waals surface area contributed by atoms with Crippen LogP contribution in [0, 0.1) is 6.92 Å². The van der Waals surface area contributed by atoms with Gasteiger partial charge in [0.1, 0.15) is 0 Å². The van der Waals surface area contributed by atoms with E-state index in [4.69, 9.17) is 19.9 Å². The van der Waals surface area contributed by atoms with Crippen molar-refractivity contribution in [1.29, 1.82) is 0 Å². The Kier molecular flexibility index (Phi) is 8.39. The third-order valence-electron chi connectivity index (χ3n) is 9.17. The van der Waals surface area contributed by atoms with Gasteiger partial charge in [-0.2, -0.15) is 0 Å². The zero-order chi connectivity index (χ0) is 34.4. The summed E-state index contributed by atoms with van der Waals surface area (Å²) in [6.45, 7) is 11.1. The topological polar surface area (TPSA) is 59.7 Å². The number of fused-ring (bicyclic) bond motifs is 3. The van der Waals surface area contributed by atoms with Crippen molar-refractivity contribution in [2.75, 3.05) is 4.90 Å². The van der Waals surface area contributed by atoms with Gasteiger partial charge in [-0.1, -0.05) is 45.9 Å². The van der Waals surface area contributed by atoms with Crippen LogP contribution < -0.4 is 4.90 Å². The van der Waals surface area contributed by atoms with E-state index >= 15 is 0 Å². The summed E-state index contributed by atoms with van der Waals surface area (Å²) in [4.78, 5) is 22.5. The molecule has 0 unspecified atom stereocenters. The summed E-state index contributed by atoms with van der Waals surface area (Å²) in [5.74, 6) is 3.08. The number of benzene rings is 3. The Bertz CT molecular complexity index is 2450. The Hall–Kier alpha value is -5.36. The minimum atomic E-state index is 0.103. The molecule has 6 nitrogen and oxygen atoms in total. The molecule has 0 saturated carbocycles. The molecule has 3 aromatic carbocycles. The monoisotopic (exact) mass is 718 g/mol. The number of hydrogen-bond donors (Lipinski definition) is 0. The van der Waals surface area contributed by atoms with Crippen LogP contribution in [0.5, 0.6) is 0 Å². The van der Waals surface area contributed by atoms with Crippen LogP contribution in [0.25, 0.3) is 47.9 Å². The first kappa shape index (κ1) is 31.9. The first-order valence-corrected chi connectivity index (χ1v) is 18.8. The molecule has 246 valence electrons. The van der Waals surface area contributed by atoms with E-state index in [2.05, 4.69) is 147 Å². The predicted molar refractivity (Wildman–Crippen MR) is 207 cm³/mol. The van der Waals surface area contributed by atoms with Crippen molar-refractivity contribution in [2.24, 2.45) is 0 Å². The molecule has 0 amide bonds. The summed E-state index contributed by atoms with van der Waals surface area (Å²) in [6, 6.07) is 40.3. The second kappa shape index (κ2) is 13.2. The summed E-state index contributed by atoms with van der Waals surface area (Å²) >= 11 is 0.103. The maximum atomic E-state index is 5.33. The second-order valence-corrected chi connectivity index (χ2v) is 15.3. The van der Waals surface area contributed by atoms with Crippen LogP contribution >= 0.6 is 0 Å². The minimum absolute atomic E-state index is 0.103. The van der Waals surface area contributed by atoms with Crippen LogP contribution in [0.3, 0.4) is 0 Å². The predicted octanol–water partition coefficient (Wildman–Crippen LogP) is 10.8. The van der Waals surface area contributed by atoms with E-state index in [0.717, 1.165) is 45.8 Å². The van der Waals surface area contributed by atoms with Gasteiger partial charge in [-0.15, -0.1) is 0 Å². The first-order valence-electron chi connectivity index (χ1n) is 17.1. The third kappa shape index (κ3) is 5.72. The van der Waals surface area contributed by atoms with Gasteiger partial charge in [0.05, 0.1) is 0 Å². The molecule has 0 saturated heterocycles. The Morgan fingerprint density at radius 2 is 1.28 bits per heavy atom. The third-order valence-corrected chi connectivity index (χ3v) is 11.6. The summed E-state index contributed by atoms with van der Waals surface area (Å²) < 4.78 is 4.74. The number of aryl methyl sites for hydroxylation is 1. The first-order chi connectivity index (χ1) is 24.4. The molecule has 8 aromatic rings. The Morgan fingerprint density at radius 1 is 0.620 bits per heavy atom. The number of anilines is 3. The van der Waals surface area contributed by atoms with E-state index in [1.54, 1.807) is 0 Å². The van der Waals surface area contributed by atoms with E-state index in [0.29, 0.717) is 11.8 Å². The van der Waals surface area contributed by atoms with E-state index in [-0.39, 0.29) is 14.5 Å². The maximum absolute atomic E-state index is 5.33. The van der Waals surface area contributed by atoms with Gasteiger partial charge >= 0.3 is 231 Å². The average molecular weight is 718 g/mol. The SMILES string of the molecule is Cc1ccc2c(n1)[se]c1c(-c3cccc(N(c4ccccc4)c4cccc(-c5nccn5-c5c(C(C)C)cccc5C(C)C)n4)n3)cccc12. The van der Waals surface area contributed by atoms with Crippen LogP contribution in [-0.2, 0) is 0 Å². The Labute approximate surface area is 298 Å². The van der Waals surface area contributed by atoms with Gasteiger partial charge in [0.2, 0.25) is 0 Å². The molecular formula is C43H38N6Se. The normalized spacial score (nSPS) is 11.7. The molecule has 7 heteroatoms. The molecule has 5 aromatic heterocycles. The molecular weight excluding hydrogens is 679 g/mol. The number of nitrogens with zero attached hydrogens (tertiary/aromatic N) is 6. The number of pyridine rings is 3. The standard InChI is InChI=1S/C43H38N6Se/c1-27(2)31-15-9-16-32(28(3)4)40(31)48-26-25-44-42(48)37-20-12-22-39(47-37)49(30-13-7-6-8-14-30)38-21-11-19-36(46-38)35-18-10-17-33-34-24-23-29(5)45-43(34)50-41(33)35/h6-28H,1-5H3.